The fraction of sp³-hybridized carbons (Fsp3) is 0.896. The lowest BCUT2D eigenvalue weighted by Crippen LogP contribution is -2.45. The van der Waals surface area contributed by atoms with Crippen molar-refractivity contribution in [1.29, 1.82) is 0 Å². The van der Waals surface area contributed by atoms with Crippen LogP contribution in [-0.2, 0) is 14.3 Å². The molecule has 6 heteroatoms. The average Bonchev–Trinajstić information content (AvgIpc) is 3.49. The molecule has 0 aromatic rings. The van der Waals surface area contributed by atoms with Crippen LogP contribution < -0.4 is 5.32 Å². The minimum atomic E-state index is -0.844. The Hall–Kier alpha value is -1.92. The van der Waals surface area contributed by atoms with Crippen LogP contribution in [0.3, 0.4) is 0 Å². The molecular weight excluding hydrogens is 1020 g/mol. The standard InChI is InChI=1S/C77H147NO5/c1-3-5-7-9-11-13-15-17-18-19-20-21-33-36-39-42-46-49-53-57-61-65-69-75(80)74(73-79)78-76(81)70-66-62-58-54-50-47-43-40-37-34-31-29-27-25-23-22-24-26-28-30-32-35-38-41-44-48-52-56-60-64-68-72-83-77(82)71-67-63-59-55-51-45-16-14-12-10-8-6-4-2/h14,16,24,26,65,69,74-75,79-80H,3-13,15,17-23,25,27-64,66-68,70-73H2,1-2H3,(H,78,81)/b16-14-,26-24-,69-65+. The Labute approximate surface area is 519 Å². The van der Waals surface area contributed by atoms with Crippen LogP contribution in [0.4, 0.5) is 0 Å². The van der Waals surface area contributed by atoms with E-state index < -0.39 is 12.1 Å². The van der Waals surface area contributed by atoms with Gasteiger partial charge >= 0.3 is 5.97 Å². The number of rotatable bonds is 71. The number of nitrogens with one attached hydrogen (secondary N) is 1. The summed E-state index contributed by atoms with van der Waals surface area (Å²) in [6.45, 7) is 4.93. The van der Waals surface area contributed by atoms with Crippen molar-refractivity contribution in [3.63, 3.8) is 0 Å². The number of ether oxygens (including phenoxy) is 1. The molecule has 1 amide bonds. The zero-order valence-electron chi connectivity index (χ0n) is 56.2. The van der Waals surface area contributed by atoms with E-state index in [2.05, 4.69) is 43.5 Å². The van der Waals surface area contributed by atoms with Crippen molar-refractivity contribution in [2.24, 2.45) is 0 Å². The number of hydrogen-bond acceptors (Lipinski definition) is 5. The normalized spacial score (nSPS) is 12.7. The van der Waals surface area contributed by atoms with Crippen LogP contribution in [0.5, 0.6) is 0 Å². The Balaban J connectivity index is 3.39. The number of amides is 1. The Morgan fingerprint density at radius 2 is 0.566 bits per heavy atom. The summed E-state index contributed by atoms with van der Waals surface area (Å²) in [4.78, 5) is 24.6. The fourth-order valence-electron chi connectivity index (χ4n) is 11.9. The molecule has 0 heterocycles. The zero-order chi connectivity index (χ0) is 59.9. The van der Waals surface area contributed by atoms with Crippen LogP contribution in [0.15, 0.2) is 36.5 Å². The van der Waals surface area contributed by atoms with E-state index in [9.17, 15) is 19.8 Å². The SMILES string of the molecule is CCCCCC/C=C\CCCCCCCC(=O)OCCCCCCCCCCCCCC/C=C\CCCCCCCCCCCCCCCCCC(=O)NC(CO)C(O)/C=C/CCCCCCCCCCCCCCCCCCCCCC. The van der Waals surface area contributed by atoms with Crippen molar-refractivity contribution in [2.45, 2.75) is 431 Å². The highest BCUT2D eigenvalue weighted by atomic mass is 16.5. The highest BCUT2D eigenvalue weighted by molar-refractivity contribution is 5.76. The zero-order valence-corrected chi connectivity index (χ0v) is 56.2. The molecule has 6 nitrogen and oxygen atoms in total. The summed E-state index contributed by atoms with van der Waals surface area (Å²) in [5.41, 5.74) is 0. The predicted octanol–water partition coefficient (Wildman–Crippen LogP) is 24.7. The Kier molecular flexibility index (Phi) is 70.9. The van der Waals surface area contributed by atoms with Gasteiger partial charge in [-0.05, 0) is 83.5 Å². The Morgan fingerprint density at radius 1 is 0.325 bits per heavy atom. The molecule has 0 aromatic heterocycles. The van der Waals surface area contributed by atoms with Crippen LogP contribution in [-0.4, -0.2) is 47.4 Å². The molecule has 0 spiro atoms. The van der Waals surface area contributed by atoms with Gasteiger partial charge in [0, 0.05) is 12.8 Å². The third kappa shape index (κ3) is 69.1. The third-order valence-electron chi connectivity index (χ3n) is 17.6. The molecule has 0 aliphatic rings. The quantitative estimate of drug-likeness (QED) is 0.0320. The molecule has 0 fully saturated rings. The second-order valence-electron chi connectivity index (χ2n) is 26.0. The molecule has 3 N–H and O–H groups in total. The van der Waals surface area contributed by atoms with Gasteiger partial charge in [0.15, 0.2) is 0 Å². The van der Waals surface area contributed by atoms with Crippen LogP contribution in [0.25, 0.3) is 0 Å². The summed E-state index contributed by atoms with van der Waals surface area (Å²) in [6, 6.07) is -0.628. The number of carbonyl (C=O) groups excluding carboxylic acids is 2. The van der Waals surface area contributed by atoms with Gasteiger partial charge in [-0.15, -0.1) is 0 Å². The lowest BCUT2D eigenvalue weighted by atomic mass is 10.0. The molecule has 0 aliphatic carbocycles. The number of allylic oxidation sites excluding steroid dienone is 5. The van der Waals surface area contributed by atoms with Crippen LogP contribution in [0.1, 0.15) is 418 Å². The van der Waals surface area contributed by atoms with Crippen LogP contribution >= 0.6 is 0 Å². The van der Waals surface area contributed by atoms with Crippen molar-refractivity contribution in [3.8, 4) is 0 Å². The minimum Gasteiger partial charge on any atom is -0.466 e. The van der Waals surface area contributed by atoms with Gasteiger partial charge in [-0.3, -0.25) is 9.59 Å². The van der Waals surface area contributed by atoms with E-state index in [1.807, 2.05) is 6.08 Å². The minimum absolute atomic E-state index is 0.00862. The number of unbranched alkanes of at least 4 members (excludes halogenated alkanes) is 56. The van der Waals surface area contributed by atoms with E-state index in [1.54, 1.807) is 6.08 Å². The third-order valence-corrected chi connectivity index (χ3v) is 17.6. The Morgan fingerprint density at radius 3 is 0.867 bits per heavy atom. The molecule has 0 aliphatic heterocycles. The summed E-state index contributed by atoms with van der Waals surface area (Å²) in [6.07, 6.45) is 93.9. The number of esters is 1. The maximum Gasteiger partial charge on any atom is 0.305 e. The van der Waals surface area contributed by atoms with E-state index in [0.29, 0.717) is 19.4 Å². The van der Waals surface area contributed by atoms with Gasteiger partial charge in [-0.2, -0.15) is 0 Å². The summed E-state index contributed by atoms with van der Waals surface area (Å²) in [7, 11) is 0. The van der Waals surface area contributed by atoms with Gasteiger partial charge < -0.3 is 20.3 Å². The van der Waals surface area contributed by atoms with E-state index >= 15 is 0 Å². The van der Waals surface area contributed by atoms with E-state index in [1.165, 1.54) is 347 Å². The van der Waals surface area contributed by atoms with E-state index in [4.69, 9.17) is 4.74 Å². The molecule has 0 aromatic carbocycles. The predicted molar refractivity (Wildman–Crippen MR) is 366 cm³/mol. The Bertz CT molecular complexity index is 1340. The second kappa shape index (κ2) is 72.6. The number of aliphatic hydroxyl groups excluding tert-OH is 2. The topological polar surface area (TPSA) is 95.9 Å². The highest BCUT2D eigenvalue weighted by Gasteiger charge is 2.18. The first-order chi connectivity index (χ1) is 41.0. The molecule has 83 heavy (non-hydrogen) atoms. The molecule has 0 rings (SSSR count). The van der Waals surface area contributed by atoms with Crippen molar-refractivity contribution in [3.05, 3.63) is 36.5 Å². The van der Waals surface area contributed by atoms with E-state index in [0.717, 1.165) is 44.9 Å². The lowest BCUT2D eigenvalue weighted by Gasteiger charge is -2.20. The number of hydrogen-bond donors (Lipinski definition) is 3. The second-order valence-corrected chi connectivity index (χ2v) is 26.0. The molecule has 2 unspecified atom stereocenters. The number of aliphatic hydroxyl groups is 2. The van der Waals surface area contributed by atoms with E-state index in [-0.39, 0.29) is 18.5 Å². The first-order valence-electron chi connectivity index (χ1n) is 37.8. The molecule has 490 valence electrons. The van der Waals surface area contributed by atoms with Crippen molar-refractivity contribution in [1.82, 2.24) is 5.32 Å². The maximum absolute atomic E-state index is 12.5. The first kappa shape index (κ1) is 81.1. The molecular formula is C77H147NO5. The molecule has 0 saturated heterocycles. The van der Waals surface area contributed by atoms with Gasteiger partial charge in [-0.1, -0.05) is 359 Å². The summed E-state index contributed by atoms with van der Waals surface area (Å²) < 4.78 is 5.48. The molecule has 0 saturated carbocycles. The maximum atomic E-state index is 12.5. The van der Waals surface area contributed by atoms with Gasteiger partial charge in [0.2, 0.25) is 5.91 Å². The monoisotopic (exact) mass is 1170 g/mol. The smallest absolute Gasteiger partial charge is 0.305 e. The molecule has 0 bridgehead atoms. The largest absolute Gasteiger partial charge is 0.466 e. The summed E-state index contributed by atoms with van der Waals surface area (Å²) >= 11 is 0. The van der Waals surface area contributed by atoms with Gasteiger partial charge in [-0.25, -0.2) is 0 Å². The molecule has 2 atom stereocenters. The number of carbonyl (C=O) groups is 2. The lowest BCUT2D eigenvalue weighted by molar-refractivity contribution is -0.143. The summed E-state index contributed by atoms with van der Waals surface area (Å²) in [5.74, 6) is -0.0530. The van der Waals surface area contributed by atoms with Crippen molar-refractivity contribution in [2.75, 3.05) is 13.2 Å². The van der Waals surface area contributed by atoms with Crippen molar-refractivity contribution >= 4 is 11.9 Å². The summed E-state index contributed by atoms with van der Waals surface area (Å²) in [5, 5.41) is 23.3. The fourth-order valence-corrected chi connectivity index (χ4v) is 11.9. The van der Waals surface area contributed by atoms with Gasteiger partial charge in [0.05, 0.1) is 25.4 Å². The van der Waals surface area contributed by atoms with Gasteiger partial charge in [0.25, 0.3) is 0 Å². The first-order valence-corrected chi connectivity index (χ1v) is 37.8. The van der Waals surface area contributed by atoms with Gasteiger partial charge in [0.1, 0.15) is 0 Å². The molecule has 0 radical (unpaired) electrons. The average molecular weight is 1170 g/mol. The van der Waals surface area contributed by atoms with Crippen LogP contribution in [0, 0.1) is 0 Å². The van der Waals surface area contributed by atoms with Crippen LogP contribution in [0.2, 0.25) is 0 Å². The highest BCUT2D eigenvalue weighted by Crippen LogP contribution is 2.19. The van der Waals surface area contributed by atoms with Crippen molar-refractivity contribution < 1.29 is 24.5 Å².